The van der Waals surface area contributed by atoms with Crippen LogP contribution in [0.15, 0.2) is 133 Å². The molecule has 0 unspecified atom stereocenters. The standard InChI is InChI=1S/C53H52O2/c1-34-9-16-43(17-10-34)46-19-12-36(3)47(31-46)32-48-33-52(55-51-28-38(5)41(8)39(6)29-51)30-40(7)53(48)26-15-42-13-22-49(23-14-42)54-50-24-20-44(21-25-50)45-18-11-35(2)37(4)27-45/h9-14,16-25,27-31,33H,15,26,32H2,1-8H3. The molecular formula is C53H52O2. The Morgan fingerprint density at radius 1 is 0.345 bits per heavy atom. The summed E-state index contributed by atoms with van der Waals surface area (Å²) >= 11 is 0. The molecule has 0 aromatic heterocycles. The molecule has 55 heavy (non-hydrogen) atoms. The molecule has 7 aromatic carbocycles. The maximum atomic E-state index is 6.59. The predicted octanol–water partition coefficient (Wildman–Crippen LogP) is 14.4. The van der Waals surface area contributed by atoms with Crippen molar-refractivity contribution >= 4 is 0 Å². The van der Waals surface area contributed by atoms with Crippen molar-refractivity contribution in [3.63, 3.8) is 0 Å². The third-order valence-electron chi connectivity index (χ3n) is 11.3. The Labute approximate surface area is 328 Å². The van der Waals surface area contributed by atoms with Crippen molar-refractivity contribution in [3.8, 4) is 45.3 Å². The summed E-state index contributed by atoms with van der Waals surface area (Å²) in [6, 6.07) is 48.0. The number of aryl methyl sites for hydroxylation is 8. The van der Waals surface area contributed by atoms with Gasteiger partial charge < -0.3 is 9.47 Å². The first-order chi connectivity index (χ1) is 26.5. The maximum absolute atomic E-state index is 6.59. The Bertz CT molecular complexity index is 2430. The van der Waals surface area contributed by atoms with Crippen LogP contribution in [0.25, 0.3) is 22.3 Å². The van der Waals surface area contributed by atoms with Crippen LogP contribution in [-0.4, -0.2) is 0 Å². The number of hydrogen-bond acceptors (Lipinski definition) is 2. The van der Waals surface area contributed by atoms with Crippen LogP contribution in [0.5, 0.6) is 23.0 Å². The fraction of sp³-hybridized carbons (Fsp3) is 0.208. The van der Waals surface area contributed by atoms with Crippen molar-refractivity contribution in [2.45, 2.75) is 74.7 Å². The number of rotatable bonds is 11. The lowest BCUT2D eigenvalue weighted by atomic mass is 9.89. The van der Waals surface area contributed by atoms with E-state index in [1.165, 1.54) is 89.0 Å². The molecule has 0 amide bonds. The van der Waals surface area contributed by atoms with E-state index in [1.807, 2.05) is 0 Å². The molecule has 2 nitrogen and oxygen atoms in total. The van der Waals surface area contributed by atoms with Crippen LogP contribution in [0.1, 0.15) is 66.8 Å². The molecule has 0 saturated carbocycles. The van der Waals surface area contributed by atoms with Gasteiger partial charge in [0.2, 0.25) is 0 Å². The van der Waals surface area contributed by atoms with Gasteiger partial charge in [0.15, 0.2) is 0 Å². The predicted molar refractivity (Wildman–Crippen MR) is 231 cm³/mol. The molecule has 0 radical (unpaired) electrons. The Kier molecular flexibility index (Phi) is 11.1. The van der Waals surface area contributed by atoms with Crippen LogP contribution >= 0.6 is 0 Å². The second-order valence-electron chi connectivity index (χ2n) is 15.4. The van der Waals surface area contributed by atoms with E-state index < -0.39 is 0 Å². The summed E-state index contributed by atoms with van der Waals surface area (Å²) in [6.07, 6.45) is 2.69. The smallest absolute Gasteiger partial charge is 0.128 e. The van der Waals surface area contributed by atoms with Gasteiger partial charge in [-0.05, 0) is 207 Å². The molecule has 0 aliphatic carbocycles. The second kappa shape index (κ2) is 16.2. The van der Waals surface area contributed by atoms with Crippen LogP contribution < -0.4 is 9.47 Å². The van der Waals surface area contributed by atoms with Crippen LogP contribution in [0.3, 0.4) is 0 Å². The largest absolute Gasteiger partial charge is 0.457 e. The Morgan fingerprint density at radius 3 is 1.49 bits per heavy atom. The third-order valence-corrected chi connectivity index (χ3v) is 11.3. The Balaban J connectivity index is 1.11. The molecule has 0 bridgehead atoms. The summed E-state index contributed by atoms with van der Waals surface area (Å²) < 4.78 is 12.9. The molecule has 276 valence electrons. The van der Waals surface area contributed by atoms with E-state index in [0.717, 1.165) is 42.3 Å². The van der Waals surface area contributed by atoms with Crippen molar-refractivity contribution in [2.24, 2.45) is 0 Å². The lowest BCUT2D eigenvalue weighted by Gasteiger charge is -2.18. The van der Waals surface area contributed by atoms with E-state index in [0.29, 0.717) is 0 Å². The van der Waals surface area contributed by atoms with Crippen molar-refractivity contribution < 1.29 is 9.47 Å². The molecule has 2 heteroatoms. The first-order valence-electron chi connectivity index (χ1n) is 19.5. The van der Waals surface area contributed by atoms with Gasteiger partial charge in [0.1, 0.15) is 23.0 Å². The van der Waals surface area contributed by atoms with Crippen molar-refractivity contribution in [2.75, 3.05) is 0 Å². The van der Waals surface area contributed by atoms with Gasteiger partial charge in [-0.2, -0.15) is 0 Å². The molecule has 0 atom stereocenters. The summed E-state index contributed by atoms with van der Waals surface area (Å²) in [4.78, 5) is 0. The van der Waals surface area contributed by atoms with E-state index >= 15 is 0 Å². The maximum Gasteiger partial charge on any atom is 0.128 e. The van der Waals surface area contributed by atoms with E-state index in [4.69, 9.17) is 9.47 Å². The number of ether oxygens (including phenoxy) is 2. The summed E-state index contributed by atoms with van der Waals surface area (Å²) in [7, 11) is 0. The monoisotopic (exact) mass is 720 g/mol. The minimum Gasteiger partial charge on any atom is -0.457 e. The minimum atomic E-state index is 0.833. The quantitative estimate of drug-likeness (QED) is 0.132. The zero-order valence-electron chi connectivity index (χ0n) is 33.6. The normalized spacial score (nSPS) is 11.1. The van der Waals surface area contributed by atoms with Gasteiger partial charge in [-0.25, -0.2) is 0 Å². The average Bonchev–Trinajstić information content (AvgIpc) is 3.17. The molecule has 7 aromatic rings. The number of benzene rings is 7. The summed E-state index contributed by atoms with van der Waals surface area (Å²) in [5.41, 5.74) is 20.4. The highest BCUT2D eigenvalue weighted by atomic mass is 16.5. The molecule has 0 heterocycles. The van der Waals surface area contributed by atoms with Crippen LogP contribution in [0.2, 0.25) is 0 Å². The van der Waals surface area contributed by atoms with Crippen LogP contribution in [0, 0.1) is 55.4 Å². The Morgan fingerprint density at radius 2 is 0.855 bits per heavy atom. The summed E-state index contributed by atoms with van der Waals surface area (Å²) in [5, 5.41) is 0. The lowest BCUT2D eigenvalue weighted by Crippen LogP contribution is -2.04. The fourth-order valence-corrected chi connectivity index (χ4v) is 7.38. The molecular weight excluding hydrogens is 669 g/mol. The van der Waals surface area contributed by atoms with Crippen LogP contribution in [0.4, 0.5) is 0 Å². The van der Waals surface area contributed by atoms with Gasteiger partial charge in [0.25, 0.3) is 0 Å². The molecule has 0 N–H and O–H groups in total. The van der Waals surface area contributed by atoms with E-state index in [2.05, 4.69) is 189 Å². The van der Waals surface area contributed by atoms with Crippen molar-refractivity contribution in [3.05, 3.63) is 200 Å². The number of hydrogen-bond donors (Lipinski definition) is 0. The SMILES string of the molecule is Cc1ccc(-c2ccc(C)c(Cc3cc(Oc4cc(C)c(C)c(C)c4)cc(C)c3CCc3ccc(Oc4ccc(-c5ccc(C)c(C)c5)cc4)cc3)c2)cc1. The van der Waals surface area contributed by atoms with Gasteiger partial charge in [0, 0.05) is 0 Å². The second-order valence-corrected chi connectivity index (χ2v) is 15.4. The van der Waals surface area contributed by atoms with Crippen molar-refractivity contribution in [1.29, 1.82) is 0 Å². The topological polar surface area (TPSA) is 18.5 Å². The molecule has 0 aliphatic heterocycles. The van der Waals surface area contributed by atoms with E-state index in [1.54, 1.807) is 0 Å². The highest BCUT2D eigenvalue weighted by Gasteiger charge is 2.14. The summed E-state index contributed by atoms with van der Waals surface area (Å²) in [6.45, 7) is 17.4. The van der Waals surface area contributed by atoms with E-state index in [9.17, 15) is 0 Å². The molecule has 0 spiro atoms. The molecule has 0 aliphatic rings. The van der Waals surface area contributed by atoms with Gasteiger partial charge in [0.05, 0.1) is 0 Å². The lowest BCUT2D eigenvalue weighted by molar-refractivity contribution is 0.480. The zero-order chi connectivity index (χ0) is 38.6. The molecule has 7 rings (SSSR count). The van der Waals surface area contributed by atoms with Gasteiger partial charge in [-0.15, -0.1) is 0 Å². The van der Waals surface area contributed by atoms with Crippen LogP contribution in [-0.2, 0) is 19.3 Å². The van der Waals surface area contributed by atoms with Gasteiger partial charge in [-0.1, -0.05) is 90.5 Å². The Hall–Kier alpha value is -5.86. The third kappa shape index (κ3) is 8.93. The average molecular weight is 721 g/mol. The van der Waals surface area contributed by atoms with E-state index in [-0.39, 0.29) is 0 Å². The minimum absolute atomic E-state index is 0.833. The van der Waals surface area contributed by atoms with Gasteiger partial charge >= 0.3 is 0 Å². The highest BCUT2D eigenvalue weighted by molar-refractivity contribution is 5.67. The molecule has 0 fully saturated rings. The molecule has 0 saturated heterocycles. The fourth-order valence-electron chi connectivity index (χ4n) is 7.38. The first-order valence-corrected chi connectivity index (χ1v) is 19.5. The highest BCUT2D eigenvalue weighted by Crippen LogP contribution is 2.33. The van der Waals surface area contributed by atoms with Gasteiger partial charge in [-0.3, -0.25) is 0 Å². The van der Waals surface area contributed by atoms with Crippen molar-refractivity contribution in [1.82, 2.24) is 0 Å². The summed E-state index contributed by atoms with van der Waals surface area (Å²) in [5.74, 6) is 3.44. The first kappa shape index (κ1) is 37.5. The zero-order valence-corrected chi connectivity index (χ0v) is 33.6.